The number of aryl methyl sites for hydroxylation is 1. The molecule has 0 saturated carbocycles. The first-order valence-electron chi connectivity index (χ1n) is 8.40. The molecule has 7 heteroatoms. The maximum absolute atomic E-state index is 12.1. The highest BCUT2D eigenvalue weighted by molar-refractivity contribution is 5.92. The van der Waals surface area contributed by atoms with Gasteiger partial charge >= 0.3 is 0 Å². The van der Waals surface area contributed by atoms with E-state index in [-0.39, 0.29) is 12.0 Å². The van der Waals surface area contributed by atoms with Gasteiger partial charge < -0.3 is 14.6 Å². The number of hydrogen-bond acceptors (Lipinski definition) is 4. The zero-order chi connectivity index (χ0) is 17.8. The van der Waals surface area contributed by atoms with Gasteiger partial charge in [0.05, 0.1) is 36.0 Å². The van der Waals surface area contributed by atoms with Crippen molar-refractivity contribution < 1.29 is 9.53 Å². The van der Waals surface area contributed by atoms with E-state index >= 15 is 0 Å². The van der Waals surface area contributed by atoms with Gasteiger partial charge in [0.2, 0.25) is 0 Å². The molecule has 0 aliphatic carbocycles. The lowest BCUT2D eigenvalue weighted by molar-refractivity contribution is 0.0745. The van der Waals surface area contributed by atoms with E-state index in [9.17, 15) is 4.79 Å². The van der Waals surface area contributed by atoms with E-state index in [1.54, 1.807) is 6.07 Å². The van der Waals surface area contributed by atoms with Gasteiger partial charge in [-0.05, 0) is 39.0 Å². The normalized spacial score (nSPS) is 11.4. The first kappa shape index (κ1) is 17.2. The summed E-state index contributed by atoms with van der Waals surface area (Å²) in [6.45, 7) is 7.43. The molecule has 0 atom stereocenters. The van der Waals surface area contributed by atoms with Crippen molar-refractivity contribution >= 4 is 16.9 Å². The average Bonchev–Trinajstić information content (AvgIpc) is 3.17. The van der Waals surface area contributed by atoms with Crippen LogP contribution in [0.1, 0.15) is 35.9 Å². The summed E-state index contributed by atoms with van der Waals surface area (Å²) in [4.78, 5) is 16.7. The Balaban J connectivity index is 1.65. The number of amides is 1. The number of benzene rings is 1. The third-order valence-electron chi connectivity index (χ3n) is 3.88. The van der Waals surface area contributed by atoms with Crippen LogP contribution in [-0.4, -0.2) is 44.9 Å². The molecule has 0 aliphatic rings. The Morgan fingerprint density at radius 2 is 2.16 bits per heavy atom. The number of carbonyl (C=O) groups is 1. The van der Waals surface area contributed by atoms with Crippen LogP contribution < -0.4 is 5.32 Å². The highest BCUT2D eigenvalue weighted by Gasteiger charge is 2.12. The molecule has 7 nitrogen and oxygen atoms in total. The summed E-state index contributed by atoms with van der Waals surface area (Å²) in [7, 11) is 0. The summed E-state index contributed by atoms with van der Waals surface area (Å²) < 4.78 is 7.50. The highest BCUT2D eigenvalue weighted by Crippen LogP contribution is 2.17. The second-order valence-corrected chi connectivity index (χ2v) is 6.19. The predicted molar refractivity (Wildman–Crippen MR) is 95.6 cm³/mol. The molecule has 3 aromatic rings. The van der Waals surface area contributed by atoms with Crippen LogP contribution in [0.5, 0.6) is 0 Å². The molecular formula is C18H23N5O2. The zero-order valence-electron chi connectivity index (χ0n) is 14.7. The summed E-state index contributed by atoms with van der Waals surface area (Å²) >= 11 is 0. The largest absolute Gasteiger partial charge is 0.377 e. The number of H-pyrrole nitrogens is 1. The molecule has 1 amide bonds. The third kappa shape index (κ3) is 4.06. The Bertz CT molecular complexity index is 865. The molecule has 3 rings (SSSR count). The number of fused-ring (bicyclic) bond motifs is 1. The van der Waals surface area contributed by atoms with Gasteiger partial charge in [-0.3, -0.25) is 9.89 Å². The first-order valence-corrected chi connectivity index (χ1v) is 8.40. The van der Waals surface area contributed by atoms with Crippen molar-refractivity contribution in [1.29, 1.82) is 0 Å². The minimum atomic E-state index is -0.206. The molecule has 0 bridgehead atoms. The number of ether oxygens (including phenoxy) is 1. The molecule has 132 valence electrons. The molecular weight excluding hydrogens is 318 g/mol. The second kappa shape index (κ2) is 7.48. The number of rotatable bonds is 7. The van der Waals surface area contributed by atoms with E-state index in [0.717, 1.165) is 22.6 Å². The number of nitrogens with zero attached hydrogens (tertiary/aromatic N) is 3. The van der Waals surface area contributed by atoms with E-state index in [4.69, 9.17) is 4.74 Å². The summed E-state index contributed by atoms with van der Waals surface area (Å²) in [6, 6.07) is 9.76. The van der Waals surface area contributed by atoms with Crippen molar-refractivity contribution in [3.63, 3.8) is 0 Å². The molecule has 2 heterocycles. The van der Waals surface area contributed by atoms with Gasteiger partial charge in [-0.15, -0.1) is 0 Å². The lowest BCUT2D eigenvalue weighted by Gasteiger charge is -2.07. The number of carbonyl (C=O) groups excluding carboxylic acids is 1. The van der Waals surface area contributed by atoms with Gasteiger partial charge in [-0.25, -0.2) is 4.98 Å². The minimum Gasteiger partial charge on any atom is -0.377 e. The Morgan fingerprint density at radius 1 is 1.36 bits per heavy atom. The molecule has 0 saturated heterocycles. The van der Waals surface area contributed by atoms with Gasteiger partial charge in [-0.1, -0.05) is 12.1 Å². The molecule has 25 heavy (non-hydrogen) atoms. The molecule has 0 spiro atoms. The van der Waals surface area contributed by atoms with Crippen LogP contribution in [0.25, 0.3) is 11.0 Å². The van der Waals surface area contributed by atoms with Crippen LogP contribution in [0.4, 0.5) is 0 Å². The molecule has 0 fully saturated rings. The van der Waals surface area contributed by atoms with Crippen LogP contribution in [-0.2, 0) is 11.3 Å². The van der Waals surface area contributed by atoms with Crippen molar-refractivity contribution in [3.05, 3.63) is 47.5 Å². The van der Waals surface area contributed by atoms with Crippen LogP contribution in [0.15, 0.2) is 30.3 Å². The van der Waals surface area contributed by atoms with Crippen LogP contribution >= 0.6 is 0 Å². The van der Waals surface area contributed by atoms with Crippen molar-refractivity contribution in [3.8, 4) is 0 Å². The topological polar surface area (TPSA) is 84.8 Å². The number of nitrogens with one attached hydrogen (secondary N) is 2. The number of aromatic amines is 1. The predicted octanol–water partition coefficient (Wildman–Crippen LogP) is 2.27. The van der Waals surface area contributed by atoms with Crippen molar-refractivity contribution in [2.75, 3.05) is 13.2 Å². The van der Waals surface area contributed by atoms with Crippen molar-refractivity contribution in [2.45, 2.75) is 33.4 Å². The average molecular weight is 341 g/mol. The van der Waals surface area contributed by atoms with E-state index in [1.165, 1.54) is 0 Å². The van der Waals surface area contributed by atoms with Gasteiger partial charge in [0.25, 0.3) is 5.91 Å². The minimum absolute atomic E-state index is 0.155. The number of para-hydroxylation sites is 2. The lowest BCUT2D eigenvalue weighted by atomic mass is 10.3. The maximum atomic E-state index is 12.1. The fourth-order valence-electron chi connectivity index (χ4n) is 2.67. The smallest absolute Gasteiger partial charge is 0.271 e. The zero-order valence-corrected chi connectivity index (χ0v) is 14.7. The number of aromatic nitrogens is 4. The molecule has 2 aromatic heterocycles. The standard InChI is InChI=1S/C18H23N5O2/c1-12(2)25-9-8-19-18(24)16-10-14(21-22-16)11-23-13(3)20-15-6-4-5-7-17(15)23/h4-7,10,12H,8-9,11H2,1-3H3,(H,19,24)(H,21,22). The Labute approximate surface area is 146 Å². The van der Waals surface area contributed by atoms with Crippen LogP contribution in [0, 0.1) is 6.92 Å². The van der Waals surface area contributed by atoms with E-state index in [2.05, 4.69) is 25.1 Å². The molecule has 0 unspecified atom stereocenters. The first-order chi connectivity index (χ1) is 12.0. The lowest BCUT2D eigenvalue weighted by Crippen LogP contribution is -2.28. The SMILES string of the molecule is Cc1nc2ccccc2n1Cc1cc(C(=O)NCCOC(C)C)n[nH]1. The summed E-state index contributed by atoms with van der Waals surface area (Å²) in [5.74, 6) is 0.717. The van der Waals surface area contributed by atoms with Gasteiger partial charge in [-0.2, -0.15) is 5.10 Å². The monoisotopic (exact) mass is 341 g/mol. The third-order valence-corrected chi connectivity index (χ3v) is 3.88. The summed E-state index contributed by atoms with van der Waals surface area (Å²) in [6.07, 6.45) is 0.155. The maximum Gasteiger partial charge on any atom is 0.271 e. The fourth-order valence-corrected chi connectivity index (χ4v) is 2.67. The van der Waals surface area contributed by atoms with E-state index in [0.29, 0.717) is 25.4 Å². The van der Waals surface area contributed by atoms with Gasteiger partial charge in [0, 0.05) is 6.54 Å². The Kier molecular flexibility index (Phi) is 5.14. The Hall–Kier alpha value is -2.67. The number of imidazole rings is 1. The second-order valence-electron chi connectivity index (χ2n) is 6.19. The Morgan fingerprint density at radius 3 is 2.96 bits per heavy atom. The van der Waals surface area contributed by atoms with Gasteiger partial charge in [0.1, 0.15) is 11.5 Å². The quantitative estimate of drug-likeness (QED) is 0.646. The molecule has 1 aromatic carbocycles. The molecule has 2 N–H and O–H groups in total. The van der Waals surface area contributed by atoms with Crippen LogP contribution in [0.3, 0.4) is 0 Å². The van der Waals surface area contributed by atoms with Crippen LogP contribution in [0.2, 0.25) is 0 Å². The number of hydrogen-bond donors (Lipinski definition) is 2. The van der Waals surface area contributed by atoms with E-state index < -0.39 is 0 Å². The highest BCUT2D eigenvalue weighted by atomic mass is 16.5. The van der Waals surface area contributed by atoms with Crippen molar-refractivity contribution in [2.24, 2.45) is 0 Å². The summed E-state index contributed by atoms with van der Waals surface area (Å²) in [5, 5.41) is 9.85. The van der Waals surface area contributed by atoms with E-state index in [1.807, 2.05) is 45.0 Å². The molecule has 0 aliphatic heterocycles. The van der Waals surface area contributed by atoms with Gasteiger partial charge in [0.15, 0.2) is 0 Å². The fraction of sp³-hybridized carbons (Fsp3) is 0.389. The summed E-state index contributed by atoms with van der Waals surface area (Å²) in [5.41, 5.74) is 3.26. The molecule has 0 radical (unpaired) electrons. The van der Waals surface area contributed by atoms with Crippen molar-refractivity contribution in [1.82, 2.24) is 25.1 Å².